The van der Waals surface area contributed by atoms with Gasteiger partial charge in [-0.1, -0.05) is 19.8 Å². The van der Waals surface area contributed by atoms with Gasteiger partial charge in [0.2, 0.25) is 5.43 Å². The van der Waals surface area contributed by atoms with E-state index >= 15 is 4.39 Å². The number of piperazine rings is 1. The normalized spacial score (nSPS) is 26.9. The lowest BCUT2D eigenvalue weighted by molar-refractivity contribution is 0.0695. The van der Waals surface area contributed by atoms with Crippen LogP contribution in [0.1, 0.15) is 61.8 Å². The van der Waals surface area contributed by atoms with Gasteiger partial charge in [-0.15, -0.1) is 0 Å². The summed E-state index contributed by atoms with van der Waals surface area (Å²) >= 11 is 0. The van der Waals surface area contributed by atoms with Gasteiger partial charge in [-0.2, -0.15) is 0 Å². The number of hydrogen-bond acceptors (Lipinski definition) is 4. The number of carboxylic acids is 1. The number of fused-ring (bicyclic) bond motifs is 1. The SMILES string of the molecule is CC1CCC(C2CN(c3cc4c(cc3F)c(=O)c(C(=O)O)cn4C3CC3)CCN2)CC1. The van der Waals surface area contributed by atoms with Gasteiger partial charge in [0.05, 0.1) is 11.2 Å². The molecular weight excluding hydrogens is 397 g/mol. The summed E-state index contributed by atoms with van der Waals surface area (Å²) in [5.41, 5.74) is 0.246. The number of aromatic carboxylic acids is 1. The summed E-state index contributed by atoms with van der Waals surface area (Å²) in [7, 11) is 0. The van der Waals surface area contributed by atoms with Crippen LogP contribution in [0.15, 0.2) is 23.1 Å². The zero-order valence-electron chi connectivity index (χ0n) is 17.9. The maximum atomic E-state index is 15.2. The standard InChI is InChI=1S/C24H30FN3O3/c1-14-2-4-15(5-3-14)20-13-27(9-8-26-20)22-11-21-17(10-19(22)25)23(29)18(24(30)31)12-28(21)16-6-7-16/h10-12,14-16,20,26H,2-9,13H2,1H3,(H,30,31). The Kier molecular flexibility index (Phi) is 5.24. The minimum atomic E-state index is -1.27. The largest absolute Gasteiger partial charge is 0.477 e. The van der Waals surface area contributed by atoms with Gasteiger partial charge in [0.15, 0.2) is 0 Å². The van der Waals surface area contributed by atoms with E-state index in [0.29, 0.717) is 29.7 Å². The van der Waals surface area contributed by atoms with Gasteiger partial charge in [0.25, 0.3) is 0 Å². The summed E-state index contributed by atoms with van der Waals surface area (Å²) in [5, 5.41) is 13.2. The molecule has 2 heterocycles. The number of nitrogens with zero attached hydrogens (tertiary/aromatic N) is 2. The van der Waals surface area contributed by atoms with Crippen molar-refractivity contribution in [3.8, 4) is 0 Å². The molecule has 3 fully saturated rings. The Labute approximate surface area is 181 Å². The van der Waals surface area contributed by atoms with Crippen LogP contribution < -0.4 is 15.6 Å². The molecule has 1 aromatic heterocycles. The van der Waals surface area contributed by atoms with Crippen molar-refractivity contribution >= 4 is 22.6 Å². The summed E-state index contributed by atoms with van der Waals surface area (Å²) in [4.78, 5) is 26.3. The minimum absolute atomic E-state index is 0.154. The molecule has 6 nitrogen and oxygen atoms in total. The third-order valence-electron chi connectivity index (χ3n) is 7.45. The second kappa shape index (κ2) is 7.93. The lowest BCUT2D eigenvalue weighted by Gasteiger charge is -2.41. The monoisotopic (exact) mass is 427 g/mol. The molecule has 1 saturated heterocycles. The van der Waals surface area contributed by atoms with Crippen LogP contribution in [0.2, 0.25) is 0 Å². The summed E-state index contributed by atoms with van der Waals surface area (Å²) in [6, 6.07) is 3.54. The molecule has 2 aromatic rings. The zero-order valence-corrected chi connectivity index (χ0v) is 17.9. The minimum Gasteiger partial charge on any atom is -0.477 e. The molecule has 7 heteroatoms. The van der Waals surface area contributed by atoms with Crippen LogP contribution in [-0.4, -0.2) is 41.3 Å². The number of benzene rings is 1. The van der Waals surface area contributed by atoms with Crippen LogP contribution in [0.4, 0.5) is 10.1 Å². The third-order valence-corrected chi connectivity index (χ3v) is 7.45. The first-order chi connectivity index (χ1) is 14.9. The molecule has 2 N–H and O–H groups in total. The Hall–Kier alpha value is -2.41. The van der Waals surface area contributed by atoms with Crippen molar-refractivity contribution in [3.63, 3.8) is 0 Å². The summed E-state index contributed by atoms with van der Waals surface area (Å²) in [6.45, 7) is 4.59. The molecule has 1 aliphatic heterocycles. The van der Waals surface area contributed by atoms with Crippen molar-refractivity contribution in [3.05, 3.63) is 39.9 Å². The number of carboxylic acid groups (broad SMARTS) is 1. The number of anilines is 1. The molecule has 166 valence electrons. The third kappa shape index (κ3) is 3.84. The Balaban J connectivity index is 1.50. The Morgan fingerprint density at radius 2 is 1.90 bits per heavy atom. The highest BCUT2D eigenvalue weighted by Crippen LogP contribution is 2.38. The fourth-order valence-corrected chi connectivity index (χ4v) is 5.41. The van der Waals surface area contributed by atoms with Gasteiger partial charge >= 0.3 is 5.97 Å². The van der Waals surface area contributed by atoms with Crippen molar-refractivity contribution in [2.75, 3.05) is 24.5 Å². The highest BCUT2D eigenvalue weighted by Gasteiger charge is 2.32. The lowest BCUT2D eigenvalue weighted by atomic mass is 9.78. The van der Waals surface area contributed by atoms with Gasteiger partial charge in [0.1, 0.15) is 11.4 Å². The van der Waals surface area contributed by atoms with E-state index in [1.54, 1.807) is 6.07 Å². The van der Waals surface area contributed by atoms with Crippen molar-refractivity contribution in [2.24, 2.45) is 11.8 Å². The van der Waals surface area contributed by atoms with Gasteiger partial charge in [-0.05, 0) is 49.7 Å². The number of nitrogens with one attached hydrogen (secondary N) is 1. The molecule has 1 unspecified atom stereocenters. The average Bonchev–Trinajstić information content (AvgIpc) is 3.60. The number of halogens is 1. The Morgan fingerprint density at radius 1 is 1.16 bits per heavy atom. The quantitative estimate of drug-likeness (QED) is 0.777. The van der Waals surface area contributed by atoms with Crippen LogP contribution in [-0.2, 0) is 0 Å². The summed E-state index contributed by atoms with van der Waals surface area (Å²) in [5.74, 6) is -0.307. The van der Waals surface area contributed by atoms with E-state index < -0.39 is 17.2 Å². The number of hydrogen-bond donors (Lipinski definition) is 2. The molecule has 0 bridgehead atoms. The van der Waals surface area contributed by atoms with Gasteiger partial charge in [0, 0.05) is 43.3 Å². The molecule has 3 aliphatic rings. The molecular formula is C24H30FN3O3. The molecule has 2 saturated carbocycles. The number of rotatable bonds is 4. The Bertz CT molecular complexity index is 1070. The van der Waals surface area contributed by atoms with Crippen molar-refractivity contribution in [1.29, 1.82) is 0 Å². The van der Waals surface area contributed by atoms with Crippen molar-refractivity contribution < 1.29 is 14.3 Å². The average molecular weight is 428 g/mol. The van der Waals surface area contributed by atoms with E-state index in [0.717, 1.165) is 31.8 Å². The number of carbonyl (C=O) groups is 1. The first kappa shape index (κ1) is 20.5. The fourth-order valence-electron chi connectivity index (χ4n) is 5.41. The van der Waals surface area contributed by atoms with Crippen LogP contribution in [0.25, 0.3) is 10.9 Å². The number of aromatic nitrogens is 1. The van der Waals surface area contributed by atoms with Crippen molar-refractivity contribution in [1.82, 2.24) is 9.88 Å². The van der Waals surface area contributed by atoms with E-state index in [9.17, 15) is 14.7 Å². The van der Waals surface area contributed by atoms with Crippen LogP contribution >= 0.6 is 0 Å². The fraction of sp³-hybridized carbons (Fsp3) is 0.583. The second-order valence-electron chi connectivity index (χ2n) is 9.66. The van der Waals surface area contributed by atoms with Crippen molar-refractivity contribution in [2.45, 2.75) is 57.5 Å². The van der Waals surface area contributed by atoms with Crippen LogP contribution in [0.5, 0.6) is 0 Å². The maximum Gasteiger partial charge on any atom is 0.341 e. The molecule has 0 radical (unpaired) electrons. The molecule has 0 amide bonds. The highest BCUT2D eigenvalue weighted by atomic mass is 19.1. The molecule has 0 spiro atoms. The van der Waals surface area contributed by atoms with Crippen LogP contribution in [0, 0.1) is 17.7 Å². The Morgan fingerprint density at radius 3 is 2.58 bits per heavy atom. The lowest BCUT2D eigenvalue weighted by Crippen LogP contribution is -2.54. The van der Waals surface area contributed by atoms with E-state index in [1.165, 1.54) is 37.9 Å². The smallest absolute Gasteiger partial charge is 0.341 e. The molecule has 31 heavy (non-hydrogen) atoms. The molecule has 1 aromatic carbocycles. The van der Waals surface area contributed by atoms with Gasteiger partial charge < -0.3 is 19.9 Å². The van der Waals surface area contributed by atoms with E-state index in [1.807, 2.05) is 4.57 Å². The summed E-state index contributed by atoms with van der Waals surface area (Å²) < 4.78 is 17.1. The first-order valence-corrected chi connectivity index (χ1v) is 11.5. The predicted octanol–water partition coefficient (Wildman–Crippen LogP) is 3.78. The highest BCUT2D eigenvalue weighted by molar-refractivity contribution is 5.93. The number of pyridine rings is 1. The van der Waals surface area contributed by atoms with E-state index in [-0.39, 0.29) is 17.0 Å². The maximum absolute atomic E-state index is 15.2. The van der Waals surface area contributed by atoms with E-state index in [2.05, 4.69) is 17.1 Å². The van der Waals surface area contributed by atoms with Gasteiger partial charge in [-0.25, -0.2) is 9.18 Å². The van der Waals surface area contributed by atoms with Crippen LogP contribution in [0.3, 0.4) is 0 Å². The van der Waals surface area contributed by atoms with Gasteiger partial charge in [-0.3, -0.25) is 4.79 Å². The molecule has 5 rings (SSSR count). The predicted molar refractivity (Wildman–Crippen MR) is 119 cm³/mol. The first-order valence-electron chi connectivity index (χ1n) is 11.5. The second-order valence-corrected chi connectivity index (χ2v) is 9.66. The molecule has 1 atom stereocenters. The summed E-state index contributed by atoms with van der Waals surface area (Å²) in [6.07, 6.45) is 8.27. The molecule has 2 aliphatic carbocycles. The van der Waals surface area contributed by atoms with E-state index in [4.69, 9.17) is 0 Å². The topological polar surface area (TPSA) is 74.6 Å². The zero-order chi connectivity index (χ0) is 21.7.